The molecular formula is C20H16N4O4. The monoisotopic (exact) mass is 376 g/mol. The summed E-state index contributed by atoms with van der Waals surface area (Å²) >= 11 is 0. The Hall–Kier alpha value is -3.94. The molecule has 2 aromatic heterocycles. The van der Waals surface area contributed by atoms with Gasteiger partial charge >= 0.3 is 0 Å². The summed E-state index contributed by atoms with van der Waals surface area (Å²) in [6, 6.07) is 13.6. The Morgan fingerprint density at radius 2 is 1.82 bits per heavy atom. The van der Waals surface area contributed by atoms with Crippen molar-refractivity contribution in [2.75, 3.05) is 12.3 Å². The number of rotatable bonds is 5. The second-order valence-electron chi connectivity index (χ2n) is 6.19. The Bertz CT molecular complexity index is 1120. The van der Waals surface area contributed by atoms with Crippen LogP contribution in [0.5, 0.6) is 5.75 Å². The number of carbonyl (C=O) groups is 2. The first-order valence-electron chi connectivity index (χ1n) is 8.59. The van der Waals surface area contributed by atoms with Gasteiger partial charge in [0.25, 0.3) is 17.4 Å². The van der Waals surface area contributed by atoms with E-state index in [1.807, 2.05) is 18.2 Å². The standard InChI is InChI=1S/C20H16N4O4/c21-18-17-15(19(26)23-20(17)27)11-16(25)24(18)13-4-6-14(7-5-13)28-10-8-12-3-1-2-9-22-12/h1-7,9,11H,8,10,21H2,(H,23,26,27). The fourth-order valence-corrected chi connectivity index (χ4v) is 3.06. The number of imide groups is 1. The first-order chi connectivity index (χ1) is 13.5. The zero-order chi connectivity index (χ0) is 19.7. The summed E-state index contributed by atoms with van der Waals surface area (Å²) in [6.07, 6.45) is 2.40. The summed E-state index contributed by atoms with van der Waals surface area (Å²) in [5.74, 6) is -0.677. The Labute approximate surface area is 159 Å². The average Bonchev–Trinajstić information content (AvgIpc) is 2.97. The van der Waals surface area contributed by atoms with Gasteiger partial charge in [-0.1, -0.05) is 6.07 Å². The first kappa shape index (κ1) is 17.5. The zero-order valence-electron chi connectivity index (χ0n) is 14.7. The molecule has 4 rings (SSSR count). The maximum Gasteiger partial charge on any atom is 0.262 e. The predicted molar refractivity (Wildman–Crippen MR) is 102 cm³/mol. The van der Waals surface area contributed by atoms with E-state index < -0.39 is 17.4 Å². The van der Waals surface area contributed by atoms with E-state index in [4.69, 9.17) is 10.5 Å². The van der Waals surface area contributed by atoms with Crippen molar-refractivity contribution in [3.05, 3.63) is 81.9 Å². The number of nitrogens with one attached hydrogen (secondary N) is 1. The van der Waals surface area contributed by atoms with E-state index in [2.05, 4.69) is 10.3 Å². The number of pyridine rings is 2. The highest BCUT2D eigenvalue weighted by Crippen LogP contribution is 2.23. The number of aromatic nitrogens is 2. The lowest BCUT2D eigenvalue weighted by molar-refractivity contribution is 0.0880. The van der Waals surface area contributed by atoms with Crippen LogP contribution in [0.25, 0.3) is 5.69 Å². The van der Waals surface area contributed by atoms with Crippen molar-refractivity contribution in [2.45, 2.75) is 6.42 Å². The molecule has 0 unspecified atom stereocenters. The van der Waals surface area contributed by atoms with Crippen molar-refractivity contribution in [1.29, 1.82) is 0 Å². The highest BCUT2D eigenvalue weighted by atomic mass is 16.5. The summed E-state index contributed by atoms with van der Waals surface area (Å²) in [7, 11) is 0. The largest absolute Gasteiger partial charge is 0.493 e. The van der Waals surface area contributed by atoms with E-state index in [0.29, 0.717) is 24.5 Å². The maximum absolute atomic E-state index is 12.4. The number of carbonyl (C=O) groups excluding carboxylic acids is 2. The smallest absolute Gasteiger partial charge is 0.262 e. The molecule has 8 nitrogen and oxygen atoms in total. The van der Waals surface area contributed by atoms with E-state index in [1.54, 1.807) is 30.5 Å². The Balaban J connectivity index is 1.55. The quantitative estimate of drug-likeness (QED) is 0.649. The van der Waals surface area contributed by atoms with Crippen molar-refractivity contribution >= 4 is 17.6 Å². The zero-order valence-corrected chi connectivity index (χ0v) is 14.7. The minimum atomic E-state index is -0.618. The number of ether oxygens (including phenoxy) is 1. The molecule has 2 amide bonds. The van der Waals surface area contributed by atoms with Gasteiger partial charge in [0, 0.05) is 24.4 Å². The molecule has 28 heavy (non-hydrogen) atoms. The normalized spacial score (nSPS) is 12.6. The van der Waals surface area contributed by atoms with Crippen LogP contribution >= 0.6 is 0 Å². The minimum Gasteiger partial charge on any atom is -0.493 e. The van der Waals surface area contributed by atoms with Crippen molar-refractivity contribution in [3.63, 3.8) is 0 Å². The Morgan fingerprint density at radius 1 is 1.04 bits per heavy atom. The van der Waals surface area contributed by atoms with Gasteiger partial charge in [0.05, 0.1) is 23.4 Å². The lowest BCUT2D eigenvalue weighted by Gasteiger charge is -2.12. The number of anilines is 1. The van der Waals surface area contributed by atoms with Crippen LogP contribution < -0.4 is 21.3 Å². The number of nitrogens with two attached hydrogens (primary N) is 1. The van der Waals surface area contributed by atoms with Crippen LogP contribution in [0, 0.1) is 0 Å². The molecule has 8 heteroatoms. The van der Waals surface area contributed by atoms with E-state index in [1.165, 1.54) is 4.57 Å². The highest BCUT2D eigenvalue weighted by molar-refractivity contribution is 6.23. The van der Waals surface area contributed by atoms with Gasteiger partial charge in [-0.05, 0) is 36.4 Å². The maximum atomic E-state index is 12.4. The van der Waals surface area contributed by atoms with Gasteiger partial charge in [0.1, 0.15) is 11.6 Å². The van der Waals surface area contributed by atoms with Crippen molar-refractivity contribution < 1.29 is 14.3 Å². The number of hydrogen-bond acceptors (Lipinski definition) is 6. The van der Waals surface area contributed by atoms with E-state index in [0.717, 1.165) is 11.8 Å². The third kappa shape index (κ3) is 3.11. The van der Waals surface area contributed by atoms with E-state index >= 15 is 0 Å². The lowest BCUT2D eigenvalue weighted by atomic mass is 10.1. The van der Waals surface area contributed by atoms with E-state index in [9.17, 15) is 14.4 Å². The molecule has 0 atom stereocenters. The summed E-state index contributed by atoms with van der Waals surface area (Å²) in [4.78, 5) is 40.3. The Kier molecular flexibility index (Phi) is 4.36. The van der Waals surface area contributed by atoms with Gasteiger partial charge in [-0.2, -0.15) is 0 Å². The molecule has 0 fully saturated rings. The van der Waals surface area contributed by atoms with Gasteiger partial charge in [0.2, 0.25) is 0 Å². The topological polar surface area (TPSA) is 116 Å². The van der Waals surface area contributed by atoms with Crippen LogP contribution in [0.4, 0.5) is 5.82 Å². The molecule has 140 valence electrons. The number of nitrogen functional groups attached to an aromatic ring is 1. The average molecular weight is 376 g/mol. The van der Waals surface area contributed by atoms with Crippen LogP contribution in [-0.4, -0.2) is 28.0 Å². The summed E-state index contributed by atoms with van der Waals surface area (Å²) in [5.41, 5.74) is 6.93. The number of hydrogen-bond donors (Lipinski definition) is 2. The number of amides is 2. The molecule has 0 bridgehead atoms. The van der Waals surface area contributed by atoms with Gasteiger partial charge < -0.3 is 10.5 Å². The van der Waals surface area contributed by atoms with Crippen molar-refractivity contribution in [2.24, 2.45) is 0 Å². The third-order valence-electron chi connectivity index (χ3n) is 4.40. The first-order valence-corrected chi connectivity index (χ1v) is 8.59. The molecule has 0 spiro atoms. The van der Waals surface area contributed by atoms with Crippen LogP contribution in [-0.2, 0) is 6.42 Å². The molecule has 0 saturated heterocycles. The molecule has 0 radical (unpaired) electrons. The fraction of sp³-hybridized carbons (Fsp3) is 0.100. The van der Waals surface area contributed by atoms with Gasteiger partial charge in [0.15, 0.2) is 0 Å². The molecule has 1 aromatic carbocycles. The van der Waals surface area contributed by atoms with Crippen LogP contribution in [0.3, 0.4) is 0 Å². The molecular weight excluding hydrogens is 360 g/mol. The molecule has 1 aliphatic rings. The Morgan fingerprint density at radius 3 is 2.54 bits per heavy atom. The second kappa shape index (κ2) is 6.99. The van der Waals surface area contributed by atoms with Crippen LogP contribution in [0.1, 0.15) is 26.4 Å². The van der Waals surface area contributed by atoms with Gasteiger partial charge in [-0.25, -0.2) is 0 Å². The lowest BCUT2D eigenvalue weighted by Crippen LogP contribution is -2.24. The summed E-state index contributed by atoms with van der Waals surface area (Å²) in [5, 5.41) is 2.14. The molecule has 0 saturated carbocycles. The highest BCUT2D eigenvalue weighted by Gasteiger charge is 2.31. The molecule has 3 heterocycles. The number of benzene rings is 1. The summed E-state index contributed by atoms with van der Waals surface area (Å²) in [6.45, 7) is 0.458. The summed E-state index contributed by atoms with van der Waals surface area (Å²) < 4.78 is 6.89. The van der Waals surface area contributed by atoms with Gasteiger partial charge in [-0.3, -0.25) is 29.3 Å². The predicted octanol–water partition coefficient (Wildman–Crippen LogP) is 1.32. The third-order valence-corrected chi connectivity index (χ3v) is 4.40. The SMILES string of the molecule is Nc1c2c(cc(=O)n1-c1ccc(OCCc3ccccn3)cc1)C(=O)NC2=O. The number of fused-ring (bicyclic) bond motifs is 1. The number of nitrogens with zero attached hydrogens (tertiary/aromatic N) is 2. The minimum absolute atomic E-state index is 0.00164. The molecule has 3 aromatic rings. The van der Waals surface area contributed by atoms with Crippen molar-refractivity contribution in [1.82, 2.24) is 14.9 Å². The van der Waals surface area contributed by atoms with E-state index in [-0.39, 0.29) is 16.9 Å². The van der Waals surface area contributed by atoms with Crippen LogP contribution in [0.2, 0.25) is 0 Å². The second-order valence-corrected chi connectivity index (χ2v) is 6.19. The van der Waals surface area contributed by atoms with Gasteiger partial charge in [-0.15, -0.1) is 0 Å². The molecule has 1 aliphatic heterocycles. The molecule has 3 N–H and O–H groups in total. The fourth-order valence-electron chi connectivity index (χ4n) is 3.06. The van der Waals surface area contributed by atoms with Crippen molar-refractivity contribution in [3.8, 4) is 11.4 Å². The molecule has 0 aliphatic carbocycles. The van der Waals surface area contributed by atoms with Crippen LogP contribution in [0.15, 0.2) is 59.5 Å².